The van der Waals surface area contributed by atoms with Gasteiger partial charge in [0.2, 0.25) is 5.91 Å². The maximum atomic E-state index is 13.9. The Bertz CT molecular complexity index is 1180. The Balaban J connectivity index is 1.85. The lowest BCUT2D eigenvalue weighted by atomic mass is 10.0. The van der Waals surface area contributed by atoms with Crippen LogP contribution in [0.15, 0.2) is 48.5 Å². The molecule has 10 heteroatoms. The Morgan fingerprint density at radius 2 is 1.88 bits per heavy atom. The standard InChI is InChI=1S/C24H23Cl2N3O4S/c1-33-18-8-4-7-16(13-18)29(24(32)20-19(25)22(26)34-28-20)21(14-9-11-17(30)12-10-14)23(31)27-15-5-2-3-6-15/h4,7-13,15,21,30H,2-3,5-6H2,1H3,(H,27,31)/t21-/m1/s1. The summed E-state index contributed by atoms with van der Waals surface area (Å²) in [7, 11) is 1.52. The van der Waals surface area contributed by atoms with Crippen molar-refractivity contribution in [3.63, 3.8) is 0 Å². The summed E-state index contributed by atoms with van der Waals surface area (Å²) in [5.74, 6) is -0.363. The number of phenols is 1. The Morgan fingerprint density at radius 1 is 1.18 bits per heavy atom. The zero-order valence-corrected chi connectivity index (χ0v) is 20.7. The lowest BCUT2D eigenvalue weighted by Crippen LogP contribution is -2.46. The number of rotatable bonds is 7. The maximum absolute atomic E-state index is 13.9. The molecule has 0 saturated heterocycles. The van der Waals surface area contributed by atoms with E-state index in [4.69, 9.17) is 27.9 Å². The molecule has 0 spiro atoms. The summed E-state index contributed by atoms with van der Waals surface area (Å²) in [6.07, 6.45) is 3.85. The lowest BCUT2D eigenvalue weighted by molar-refractivity contribution is -0.123. The van der Waals surface area contributed by atoms with E-state index in [9.17, 15) is 14.7 Å². The average Bonchev–Trinajstić information content (AvgIpc) is 3.47. The Kier molecular flexibility index (Phi) is 7.60. The molecule has 2 amide bonds. The molecule has 178 valence electrons. The number of carbonyl (C=O) groups is 2. The normalized spacial score (nSPS) is 14.6. The third-order valence-corrected chi connectivity index (χ3v) is 7.38. The molecule has 0 radical (unpaired) electrons. The van der Waals surface area contributed by atoms with Gasteiger partial charge >= 0.3 is 0 Å². The minimum absolute atomic E-state index is 0.0326. The van der Waals surface area contributed by atoms with Gasteiger partial charge in [0.15, 0.2) is 5.69 Å². The fourth-order valence-corrected chi connectivity index (χ4v) is 5.06. The highest BCUT2D eigenvalue weighted by Gasteiger charge is 2.37. The highest BCUT2D eigenvalue weighted by atomic mass is 35.5. The summed E-state index contributed by atoms with van der Waals surface area (Å²) in [6.45, 7) is 0. The van der Waals surface area contributed by atoms with Crippen LogP contribution < -0.4 is 15.0 Å². The Hall–Kier alpha value is -2.81. The van der Waals surface area contributed by atoms with Gasteiger partial charge in [0.25, 0.3) is 5.91 Å². The minimum Gasteiger partial charge on any atom is -0.508 e. The van der Waals surface area contributed by atoms with E-state index in [0.717, 1.165) is 37.2 Å². The van der Waals surface area contributed by atoms with Crippen LogP contribution in [0.2, 0.25) is 9.36 Å². The number of phenolic OH excluding ortho intramolecular Hbond substituents is 1. The number of amides is 2. The molecule has 3 aromatic rings. The van der Waals surface area contributed by atoms with Crippen molar-refractivity contribution in [3.8, 4) is 11.5 Å². The molecule has 2 aromatic carbocycles. The summed E-state index contributed by atoms with van der Waals surface area (Å²) < 4.78 is 9.68. The highest BCUT2D eigenvalue weighted by molar-refractivity contribution is 7.11. The molecule has 1 aliphatic carbocycles. The molecule has 1 saturated carbocycles. The second kappa shape index (κ2) is 10.6. The number of methoxy groups -OCH3 is 1. The van der Waals surface area contributed by atoms with Gasteiger partial charge in [-0.05, 0) is 54.2 Å². The van der Waals surface area contributed by atoms with Gasteiger partial charge in [0.1, 0.15) is 26.9 Å². The molecular formula is C24H23Cl2N3O4S. The predicted octanol–water partition coefficient (Wildman–Crippen LogP) is 5.61. The van der Waals surface area contributed by atoms with Gasteiger partial charge in [-0.25, -0.2) is 0 Å². The zero-order valence-electron chi connectivity index (χ0n) is 18.3. The van der Waals surface area contributed by atoms with Gasteiger partial charge in [-0.1, -0.05) is 54.2 Å². The largest absolute Gasteiger partial charge is 0.508 e. The summed E-state index contributed by atoms with van der Waals surface area (Å²) in [6, 6.07) is 12.0. The van der Waals surface area contributed by atoms with E-state index in [1.165, 1.54) is 24.1 Å². The van der Waals surface area contributed by atoms with Crippen LogP contribution in [0.5, 0.6) is 11.5 Å². The fraction of sp³-hybridized carbons (Fsp3) is 0.292. The number of nitrogens with one attached hydrogen (secondary N) is 1. The van der Waals surface area contributed by atoms with E-state index in [1.54, 1.807) is 36.4 Å². The van der Waals surface area contributed by atoms with Crippen LogP contribution >= 0.6 is 34.7 Å². The third kappa shape index (κ3) is 5.14. The quantitative estimate of drug-likeness (QED) is 0.423. The van der Waals surface area contributed by atoms with Gasteiger partial charge in [0.05, 0.1) is 7.11 Å². The fourth-order valence-electron chi connectivity index (χ4n) is 4.07. The molecule has 1 fully saturated rings. The molecule has 0 aliphatic heterocycles. The van der Waals surface area contributed by atoms with Crippen LogP contribution in [-0.2, 0) is 4.79 Å². The molecule has 4 rings (SSSR count). The van der Waals surface area contributed by atoms with Crippen LogP contribution in [0.1, 0.15) is 47.8 Å². The smallest absolute Gasteiger partial charge is 0.280 e. The lowest BCUT2D eigenvalue weighted by Gasteiger charge is -2.32. The monoisotopic (exact) mass is 519 g/mol. The second-order valence-electron chi connectivity index (χ2n) is 7.98. The topological polar surface area (TPSA) is 91.8 Å². The molecule has 1 heterocycles. The number of carbonyl (C=O) groups excluding carboxylic acids is 2. The van der Waals surface area contributed by atoms with Crippen molar-refractivity contribution in [1.82, 2.24) is 9.69 Å². The van der Waals surface area contributed by atoms with E-state index < -0.39 is 11.9 Å². The van der Waals surface area contributed by atoms with Crippen molar-refractivity contribution in [1.29, 1.82) is 0 Å². The molecule has 7 nitrogen and oxygen atoms in total. The van der Waals surface area contributed by atoms with Gasteiger partial charge in [0, 0.05) is 17.8 Å². The highest BCUT2D eigenvalue weighted by Crippen LogP contribution is 2.36. The van der Waals surface area contributed by atoms with Gasteiger partial charge in [-0.15, -0.1) is 0 Å². The molecule has 1 aromatic heterocycles. The van der Waals surface area contributed by atoms with Crippen LogP contribution in [0, 0.1) is 0 Å². The number of nitrogens with zero attached hydrogens (tertiary/aromatic N) is 2. The first-order valence-corrected chi connectivity index (χ1v) is 12.3. The molecule has 34 heavy (non-hydrogen) atoms. The first-order valence-electron chi connectivity index (χ1n) is 10.8. The van der Waals surface area contributed by atoms with Crippen molar-refractivity contribution in [3.05, 3.63) is 69.1 Å². The van der Waals surface area contributed by atoms with Gasteiger partial charge in [-0.3, -0.25) is 14.5 Å². The molecule has 2 N–H and O–H groups in total. The molecule has 1 atom stereocenters. The number of hydrogen-bond donors (Lipinski definition) is 2. The van der Waals surface area contributed by atoms with E-state index in [0.29, 0.717) is 17.0 Å². The van der Waals surface area contributed by atoms with Crippen LogP contribution in [0.4, 0.5) is 5.69 Å². The van der Waals surface area contributed by atoms with Gasteiger partial charge in [-0.2, -0.15) is 4.37 Å². The summed E-state index contributed by atoms with van der Waals surface area (Å²) >= 11 is 13.3. The SMILES string of the molecule is COc1cccc(N(C(=O)c2nsc(Cl)c2Cl)[C@@H](C(=O)NC2CCCC2)c2ccc(O)cc2)c1. The van der Waals surface area contributed by atoms with E-state index in [2.05, 4.69) is 9.69 Å². The van der Waals surface area contributed by atoms with E-state index >= 15 is 0 Å². The number of hydrogen-bond acceptors (Lipinski definition) is 6. The summed E-state index contributed by atoms with van der Waals surface area (Å²) in [5.41, 5.74) is 0.892. The number of benzene rings is 2. The summed E-state index contributed by atoms with van der Waals surface area (Å²) in [5, 5.41) is 12.9. The van der Waals surface area contributed by atoms with Gasteiger partial charge < -0.3 is 15.2 Å². The molecule has 0 bridgehead atoms. The first-order chi connectivity index (χ1) is 16.4. The molecule has 0 unspecified atom stereocenters. The Morgan fingerprint density at radius 3 is 2.50 bits per heavy atom. The second-order valence-corrected chi connectivity index (χ2v) is 9.73. The minimum atomic E-state index is -1.06. The maximum Gasteiger partial charge on any atom is 0.280 e. The number of ether oxygens (including phenoxy) is 1. The van der Waals surface area contributed by atoms with Crippen molar-refractivity contribution >= 4 is 52.2 Å². The summed E-state index contributed by atoms with van der Waals surface area (Å²) in [4.78, 5) is 28.9. The van der Waals surface area contributed by atoms with Crippen LogP contribution in [-0.4, -0.2) is 34.4 Å². The van der Waals surface area contributed by atoms with Crippen molar-refractivity contribution in [2.75, 3.05) is 12.0 Å². The van der Waals surface area contributed by atoms with Crippen LogP contribution in [0.3, 0.4) is 0 Å². The average molecular weight is 520 g/mol. The number of halogens is 2. The van der Waals surface area contributed by atoms with Crippen molar-refractivity contribution in [2.24, 2.45) is 0 Å². The third-order valence-electron chi connectivity index (χ3n) is 5.77. The first kappa shape index (κ1) is 24.3. The van der Waals surface area contributed by atoms with E-state index in [1.807, 2.05) is 0 Å². The predicted molar refractivity (Wildman–Crippen MR) is 133 cm³/mol. The van der Waals surface area contributed by atoms with Crippen molar-refractivity contribution in [2.45, 2.75) is 37.8 Å². The van der Waals surface area contributed by atoms with Crippen LogP contribution in [0.25, 0.3) is 0 Å². The van der Waals surface area contributed by atoms with E-state index in [-0.39, 0.29) is 32.8 Å². The van der Waals surface area contributed by atoms with Crippen molar-refractivity contribution < 1.29 is 19.4 Å². The number of aromatic hydroxyl groups is 1. The Labute approximate surface area is 211 Å². The molecular weight excluding hydrogens is 497 g/mol. The number of aromatic nitrogens is 1. The zero-order chi connectivity index (χ0) is 24.2. The molecule has 1 aliphatic rings. The number of anilines is 1.